The normalized spacial score (nSPS) is 11.8. The van der Waals surface area contributed by atoms with Crippen molar-refractivity contribution in [3.63, 3.8) is 0 Å². The minimum Gasteiger partial charge on any atom is -0.453 e. The van der Waals surface area contributed by atoms with Crippen LogP contribution in [0.2, 0.25) is 10.0 Å². The van der Waals surface area contributed by atoms with E-state index in [2.05, 4.69) is 4.74 Å². The molecule has 0 aromatic heterocycles. The molecule has 0 spiro atoms. The fourth-order valence-corrected chi connectivity index (χ4v) is 1.87. The zero-order chi connectivity index (χ0) is 16.7. The number of alkyl carbamates (subject to hydrolysis) is 1. The lowest BCUT2D eigenvalue weighted by molar-refractivity contribution is -0.149. The second kappa shape index (κ2) is 8.41. The van der Waals surface area contributed by atoms with Gasteiger partial charge < -0.3 is 9.47 Å². The van der Waals surface area contributed by atoms with Gasteiger partial charge in [0.05, 0.1) is 7.11 Å². The number of amides is 2. The number of carbonyl (C=O) groups is 3. The number of hydrogen-bond acceptors (Lipinski definition) is 5. The monoisotopic (exact) mass is 345 g/mol. The van der Waals surface area contributed by atoms with Crippen LogP contribution in [0.5, 0.6) is 0 Å². The molecule has 0 fully saturated rings. The number of nitrogens with one attached hydrogen (secondary N) is 1. The Morgan fingerprint density at radius 2 is 1.82 bits per heavy atom. The molecule has 0 aliphatic carbocycles. The van der Waals surface area contributed by atoms with Crippen LogP contribution in [0.4, 0.5) is 4.79 Å². The summed E-state index contributed by atoms with van der Waals surface area (Å²) in [6.07, 6.45) is 0.344. The van der Waals surface area contributed by atoms with Crippen LogP contribution >= 0.6 is 23.2 Å². The van der Waals surface area contributed by atoms with Gasteiger partial charge in [-0.25, -0.2) is 9.59 Å². The van der Waals surface area contributed by atoms with Crippen molar-refractivity contribution in [1.29, 1.82) is 0 Å². The summed E-state index contributed by atoms with van der Waals surface area (Å²) in [6.45, 7) is 1.31. The topological polar surface area (TPSA) is 81.7 Å². The van der Waals surface area contributed by atoms with E-state index in [1.165, 1.54) is 13.0 Å². The number of imide groups is 1. The lowest BCUT2D eigenvalue weighted by atomic mass is 10.2. The van der Waals surface area contributed by atoms with Crippen LogP contribution in [0.3, 0.4) is 0 Å². The maximum atomic E-state index is 11.6. The maximum Gasteiger partial charge on any atom is 0.413 e. The number of esters is 1. The van der Waals surface area contributed by atoms with Crippen molar-refractivity contribution in [3.8, 4) is 0 Å². The third-order valence-electron chi connectivity index (χ3n) is 2.46. The van der Waals surface area contributed by atoms with Crippen LogP contribution in [-0.4, -0.2) is 31.2 Å². The van der Waals surface area contributed by atoms with Gasteiger partial charge in [-0.05, 0) is 25.1 Å². The molecule has 1 aromatic rings. The first-order valence-electron chi connectivity index (χ1n) is 6.06. The number of ether oxygens (including phenoxy) is 2. The summed E-state index contributed by atoms with van der Waals surface area (Å²) in [5, 5.41) is 2.62. The van der Waals surface area contributed by atoms with E-state index in [-0.39, 0.29) is 0 Å². The highest BCUT2D eigenvalue weighted by molar-refractivity contribution is 6.37. The van der Waals surface area contributed by atoms with Crippen LogP contribution < -0.4 is 5.32 Å². The van der Waals surface area contributed by atoms with Crippen molar-refractivity contribution in [3.05, 3.63) is 39.9 Å². The third-order valence-corrected chi connectivity index (χ3v) is 3.12. The average molecular weight is 346 g/mol. The van der Waals surface area contributed by atoms with Crippen molar-refractivity contribution in [2.75, 3.05) is 7.11 Å². The van der Waals surface area contributed by atoms with Gasteiger partial charge in [0.2, 0.25) is 0 Å². The molecule has 0 saturated heterocycles. The first kappa shape index (κ1) is 18.0. The van der Waals surface area contributed by atoms with E-state index < -0.39 is 24.1 Å². The van der Waals surface area contributed by atoms with Crippen LogP contribution in [0.25, 0.3) is 6.08 Å². The van der Waals surface area contributed by atoms with Crippen LogP contribution in [0.15, 0.2) is 24.3 Å². The summed E-state index contributed by atoms with van der Waals surface area (Å²) in [6, 6.07) is 4.90. The minimum absolute atomic E-state index is 0.369. The Morgan fingerprint density at radius 1 is 1.23 bits per heavy atom. The highest BCUT2D eigenvalue weighted by atomic mass is 35.5. The van der Waals surface area contributed by atoms with Crippen LogP contribution in [0.1, 0.15) is 12.5 Å². The number of hydrogen-bond donors (Lipinski definition) is 1. The van der Waals surface area contributed by atoms with Crippen LogP contribution in [-0.2, 0) is 19.1 Å². The summed E-state index contributed by atoms with van der Waals surface area (Å²) in [5.41, 5.74) is 0.453. The van der Waals surface area contributed by atoms with Gasteiger partial charge in [-0.3, -0.25) is 10.1 Å². The molecule has 0 aliphatic heterocycles. The van der Waals surface area contributed by atoms with E-state index in [1.54, 1.807) is 18.2 Å². The minimum atomic E-state index is -1.17. The van der Waals surface area contributed by atoms with Gasteiger partial charge in [0.25, 0.3) is 5.91 Å². The Kier molecular flexibility index (Phi) is 6.88. The van der Waals surface area contributed by atoms with Gasteiger partial charge in [0, 0.05) is 21.7 Å². The molecular weight excluding hydrogens is 333 g/mol. The molecule has 1 rings (SSSR count). The largest absolute Gasteiger partial charge is 0.453 e. The molecule has 2 amide bonds. The van der Waals surface area contributed by atoms with E-state index >= 15 is 0 Å². The molecule has 8 heteroatoms. The fraction of sp³-hybridized carbons (Fsp3) is 0.214. The molecule has 22 heavy (non-hydrogen) atoms. The lowest BCUT2D eigenvalue weighted by Crippen LogP contribution is -2.39. The van der Waals surface area contributed by atoms with Gasteiger partial charge in [0.15, 0.2) is 6.10 Å². The zero-order valence-corrected chi connectivity index (χ0v) is 13.3. The van der Waals surface area contributed by atoms with Gasteiger partial charge in [-0.1, -0.05) is 29.3 Å². The molecule has 0 heterocycles. The Hall–Kier alpha value is -2.05. The van der Waals surface area contributed by atoms with Gasteiger partial charge in [-0.15, -0.1) is 0 Å². The predicted octanol–water partition coefficient (Wildman–Crippen LogP) is 2.82. The van der Waals surface area contributed by atoms with Crippen molar-refractivity contribution in [2.45, 2.75) is 13.0 Å². The lowest BCUT2D eigenvalue weighted by Gasteiger charge is -2.10. The van der Waals surface area contributed by atoms with E-state index in [0.717, 1.165) is 13.2 Å². The number of carbonyl (C=O) groups excluding carboxylic acids is 3. The SMILES string of the molecule is COC(=O)NC(=O)[C@H](C)OC(=O)/C=C/c1c(Cl)cccc1Cl. The molecule has 1 N–H and O–H groups in total. The molecule has 0 radical (unpaired) electrons. The second-order valence-electron chi connectivity index (χ2n) is 4.03. The molecule has 0 saturated carbocycles. The van der Waals surface area contributed by atoms with E-state index in [9.17, 15) is 14.4 Å². The molecular formula is C14H13Cl2NO5. The Morgan fingerprint density at radius 3 is 2.36 bits per heavy atom. The third kappa shape index (κ3) is 5.38. The quantitative estimate of drug-likeness (QED) is 0.670. The Labute approximate surface area is 137 Å². The number of rotatable bonds is 4. The molecule has 1 aromatic carbocycles. The zero-order valence-electron chi connectivity index (χ0n) is 11.8. The smallest absolute Gasteiger partial charge is 0.413 e. The highest BCUT2D eigenvalue weighted by Gasteiger charge is 2.19. The molecule has 0 aliphatic rings. The maximum absolute atomic E-state index is 11.6. The van der Waals surface area contributed by atoms with E-state index in [4.69, 9.17) is 27.9 Å². The van der Waals surface area contributed by atoms with Gasteiger partial charge in [0.1, 0.15) is 0 Å². The van der Waals surface area contributed by atoms with E-state index in [1.807, 2.05) is 5.32 Å². The number of benzene rings is 1. The summed E-state index contributed by atoms with van der Waals surface area (Å²) in [7, 11) is 1.11. The standard InChI is InChI=1S/C14H13Cl2NO5/c1-8(13(19)17-14(20)21-2)22-12(18)7-6-9-10(15)4-3-5-11(9)16/h3-8H,1-2H3,(H,17,19,20)/b7-6+/t8-/m0/s1. The van der Waals surface area contributed by atoms with Crippen LogP contribution in [0, 0.1) is 0 Å². The summed E-state index contributed by atoms with van der Waals surface area (Å²) in [5.74, 6) is -1.59. The molecule has 1 atom stereocenters. The molecule has 118 valence electrons. The van der Waals surface area contributed by atoms with Crippen molar-refractivity contribution < 1.29 is 23.9 Å². The predicted molar refractivity (Wildman–Crippen MR) is 81.6 cm³/mol. The second-order valence-corrected chi connectivity index (χ2v) is 4.84. The molecule has 0 bridgehead atoms. The Bertz CT molecular complexity index is 595. The van der Waals surface area contributed by atoms with E-state index in [0.29, 0.717) is 15.6 Å². The first-order valence-corrected chi connectivity index (χ1v) is 6.82. The van der Waals surface area contributed by atoms with Crippen molar-refractivity contribution in [1.82, 2.24) is 5.32 Å². The highest BCUT2D eigenvalue weighted by Crippen LogP contribution is 2.25. The van der Waals surface area contributed by atoms with Crippen molar-refractivity contribution in [2.24, 2.45) is 0 Å². The molecule has 6 nitrogen and oxygen atoms in total. The summed E-state index contributed by atoms with van der Waals surface area (Å²) < 4.78 is 9.08. The number of methoxy groups -OCH3 is 1. The first-order chi connectivity index (χ1) is 10.3. The average Bonchev–Trinajstić information content (AvgIpc) is 2.46. The van der Waals surface area contributed by atoms with Gasteiger partial charge >= 0.3 is 12.1 Å². The Balaban J connectivity index is 2.64. The fourth-order valence-electron chi connectivity index (χ4n) is 1.34. The summed E-state index contributed by atoms with van der Waals surface area (Å²) in [4.78, 5) is 34.0. The summed E-state index contributed by atoms with van der Waals surface area (Å²) >= 11 is 11.9. The number of halogens is 2. The molecule has 0 unspecified atom stereocenters. The van der Waals surface area contributed by atoms with Gasteiger partial charge in [-0.2, -0.15) is 0 Å². The van der Waals surface area contributed by atoms with Crippen molar-refractivity contribution >= 4 is 47.2 Å².